The van der Waals surface area contributed by atoms with Crippen LogP contribution in [-0.2, 0) is 0 Å². The standard InChI is InChI=1S/C12H19N5O2S/c1-8-11(20-9(2)14-8)12(18)17-5-3-16(4-6-17)7-10(13)15-19/h19H,3-7H2,1-2H3,(H2,13,15). The van der Waals surface area contributed by atoms with Gasteiger partial charge in [0.05, 0.1) is 17.2 Å². The van der Waals surface area contributed by atoms with Crippen molar-refractivity contribution in [2.45, 2.75) is 13.8 Å². The van der Waals surface area contributed by atoms with Gasteiger partial charge in [-0.15, -0.1) is 11.3 Å². The first-order valence-corrected chi connectivity index (χ1v) is 7.25. The molecule has 0 aliphatic carbocycles. The third kappa shape index (κ3) is 3.26. The number of hydrogen-bond donors (Lipinski definition) is 2. The highest BCUT2D eigenvalue weighted by molar-refractivity contribution is 7.13. The number of amides is 1. The molecule has 1 aromatic heterocycles. The SMILES string of the molecule is Cc1nc(C)c(C(=O)N2CCN(CC(N)=NO)CC2)s1. The van der Waals surface area contributed by atoms with E-state index in [1.807, 2.05) is 18.7 Å². The topological polar surface area (TPSA) is 95.1 Å². The van der Waals surface area contributed by atoms with Crippen molar-refractivity contribution in [2.75, 3.05) is 32.7 Å². The lowest BCUT2D eigenvalue weighted by molar-refractivity contribution is 0.0657. The van der Waals surface area contributed by atoms with Gasteiger partial charge in [-0.1, -0.05) is 5.16 Å². The van der Waals surface area contributed by atoms with Gasteiger partial charge in [0.1, 0.15) is 4.88 Å². The molecule has 2 heterocycles. The van der Waals surface area contributed by atoms with Gasteiger partial charge in [-0.3, -0.25) is 9.69 Å². The van der Waals surface area contributed by atoms with Gasteiger partial charge >= 0.3 is 0 Å². The Morgan fingerprint density at radius 1 is 1.40 bits per heavy atom. The molecule has 0 radical (unpaired) electrons. The molecule has 1 aliphatic rings. The number of carbonyl (C=O) groups excluding carboxylic acids is 1. The average Bonchev–Trinajstić information content (AvgIpc) is 2.77. The van der Waals surface area contributed by atoms with Crippen molar-refractivity contribution in [1.82, 2.24) is 14.8 Å². The molecule has 7 nitrogen and oxygen atoms in total. The van der Waals surface area contributed by atoms with E-state index in [1.54, 1.807) is 0 Å². The number of rotatable bonds is 3. The third-order valence-corrected chi connectivity index (χ3v) is 4.33. The van der Waals surface area contributed by atoms with E-state index in [-0.39, 0.29) is 11.7 Å². The maximum absolute atomic E-state index is 12.4. The number of nitrogens with zero attached hydrogens (tertiary/aromatic N) is 4. The minimum absolute atomic E-state index is 0.0524. The Bertz CT molecular complexity index is 520. The molecule has 3 N–H and O–H groups in total. The molecule has 0 unspecified atom stereocenters. The van der Waals surface area contributed by atoms with E-state index >= 15 is 0 Å². The summed E-state index contributed by atoms with van der Waals surface area (Å²) in [7, 11) is 0. The van der Waals surface area contributed by atoms with E-state index < -0.39 is 0 Å². The Kier molecular flexibility index (Phi) is 4.56. The summed E-state index contributed by atoms with van der Waals surface area (Å²) in [5, 5.41) is 12.4. The highest BCUT2D eigenvalue weighted by atomic mass is 32.1. The van der Waals surface area contributed by atoms with E-state index in [2.05, 4.69) is 15.0 Å². The monoisotopic (exact) mass is 297 g/mol. The van der Waals surface area contributed by atoms with Gasteiger partial charge in [0.2, 0.25) is 0 Å². The molecule has 1 aromatic rings. The second-order valence-corrected chi connectivity index (χ2v) is 6.01. The summed E-state index contributed by atoms with van der Waals surface area (Å²) in [5.74, 6) is 0.246. The summed E-state index contributed by atoms with van der Waals surface area (Å²) in [6.07, 6.45) is 0. The van der Waals surface area contributed by atoms with Crippen LogP contribution in [0, 0.1) is 13.8 Å². The number of aryl methyl sites for hydroxylation is 2. The minimum Gasteiger partial charge on any atom is -0.409 e. The van der Waals surface area contributed by atoms with Crippen LogP contribution >= 0.6 is 11.3 Å². The fraction of sp³-hybridized carbons (Fsp3) is 0.583. The number of thiazole rings is 1. The van der Waals surface area contributed by atoms with E-state index in [9.17, 15) is 4.79 Å². The van der Waals surface area contributed by atoms with Crippen LogP contribution in [0.4, 0.5) is 0 Å². The summed E-state index contributed by atoms with van der Waals surface area (Å²) in [6.45, 7) is 6.94. The number of aromatic nitrogens is 1. The minimum atomic E-state index is 0.0524. The molecule has 1 saturated heterocycles. The van der Waals surface area contributed by atoms with Crippen molar-refractivity contribution in [3.05, 3.63) is 15.6 Å². The highest BCUT2D eigenvalue weighted by Crippen LogP contribution is 2.20. The molecule has 0 atom stereocenters. The Hall–Kier alpha value is -1.67. The first-order chi connectivity index (χ1) is 9.51. The van der Waals surface area contributed by atoms with Crippen LogP contribution in [0.1, 0.15) is 20.4 Å². The number of carbonyl (C=O) groups is 1. The maximum Gasteiger partial charge on any atom is 0.265 e. The lowest BCUT2D eigenvalue weighted by Crippen LogP contribution is -2.50. The molecule has 0 saturated carbocycles. The Morgan fingerprint density at radius 2 is 2.05 bits per heavy atom. The van der Waals surface area contributed by atoms with Crippen LogP contribution in [0.3, 0.4) is 0 Å². The van der Waals surface area contributed by atoms with Gasteiger partial charge in [0.15, 0.2) is 5.84 Å². The fourth-order valence-electron chi connectivity index (χ4n) is 2.24. The van der Waals surface area contributed by atoms with E-state index in [4.69, 9.17) is 10.9 Å². The zero-order valence-electron chi connectivity index (χ0n) is 11.7. The lowest BCUT2D eigenvalue weighted by Gasteiger charge is -2.34. The third-order valence-electron chi connectivity index (χ3n) is 3.27. The molecule has 1 amide bonds. The van der Waals surface area contributed by atoms with Gasteiger partial charge in [-0.05, 0) is 13.8 Å². The predicted molar refractivity (Wildman–Crippen MR) is 77.3 cm³/mol. The second kappa shape index (κ2) is 6.19. The van der Waals surface area contributed by atoms with Crippen molar-refractivity contribution in [2.24, 2.45) is 10.9 Å². The molecule has 110 valence electrons. The summed E-state index contributed by atoms with van der Waals surface area (Å²) in [5.41, 5.74) is 6.29. The smallest absolute Gasteiger partial charge is 0.265 e. The molecule has 1 aliphatic heterocycles. The predicted octanol–water partition coefficient (Wildman–Crippen LogP) is 0.264. The molecular weight excluding hydrogens is 278 g/mol. The highest BCUT2D eigenvalue weighted by Gasteiger charge is 2.25. The van der Waals surface area contributed by atoms with Crippen molar-refractivity contribution in [3.63, 3.8) is 0 Å². The summed E-state index contributed by atoms with van der Waals surface area (Å²) >= 11 is 1.44. The summed E-state index contributed by atoms with van der Waals surface area (Å²) in [6, 6.07) is 0. The Balaban J connectivity index is 1.94. The maximum atomic E-state index is 12.4. The zero-order chi connectivity index (χ0) is 14.7. The summed E-state index contributed by atoms with van der Waals surface area (Å²) in [4.78, 5) is 21.3. The zero-order valence-corrected chi connectivity index (χ0v) is 12.5. The Morgan fingerprint density at radius 3 is 2.55 bits per heavy atom. The molecule has 1 fully saturated rings. The number of amidine groups is 1. The van der Waals surface area contributed by atoms with E-state index in [1.165, 1.54) is 11.3 Å². The van der Waals surface area contributed by atoms with Gasteiger partial charge in [-0.25, -0.2) is 4.98 Å². The first-order valence-electron chi connectivity index (χ1n) is 6.43. The Labute approximate surface area is 121 Å². The molecule has 0 spiro atoms. The molecular formula is C12H19N5O2S. The number of hydrogen-bond acceptors (Lipinski definition) is 6. The van der Waals surface area contributed by atoms with Crippen molar-refractivity contribution in [3.8, 4) is 0 Å². The van der Waals surface area contributed by atoms with Crippen LogP contribution in [-0.4, -0.2) is 64.5 Å². The fourth-order valence-corrected chi connectivity index (χ4v) is 3.13. The van der Waals surface area contributed by atoms with Crippen LogP contribution < -0.4 is 5.73 Å². The second-order valence-electron chi connectivity index (χ2n) is 4.81. The number of nitrogens with two attached hydrogens (primary N) is 1. The van der Waals surface area contributed by atoms with E-state index in [0.717, 1.165) is 28.7 Å². The van der Waals surface area contributed by atoms with Crippen molar-refractivity contribution in [1.29, 1.82) is 0 Å². The molecule has 0 aromatic carbocycles. The van der Waals surface area contributed by atoms with Gasteiger partial charge in [-0.2, -0.15) is 0 Å². The van der Waals surface area contributed by atoms with Crippen LogP contribution in [0.5, 0.6) is 0 Å². The molecule has 2 rings (SSSR count). The van der Waals surface area contributed by atoms with Crippen molar-refractivity contribution < 1.29 is 10.0 Å². The molecule has 0 bridgehead atoms. The van der Waals surface area contributed by atoms with Crippen LogP contribution in [0.2, 0.25) is 0 Å². The lowest BCUT2D eigenvalue weighted by atomic mass is 10.2. The first kappa shape index (κ1) is 14.7. The van der Waals surface area contributed by atoms with Gasteiger partial charge in [0, 0.05) is 26.2 Å². The van der Waals surface area contributed by atoms with Crippen LogP contribution in [0.15, 0.2) is 5.16 Å². The molecule has 8 heteroatoms. The van der Waals surface area contributed by atoms with Crippen molar-refractivity contribution >= 4 is 23.1 Å². The largest absolute Gasteiger partial charge is 0.409 e. The average molecular weight is 297 g/mol. The quantitative estimate of drug-likeness (QED) is 0.361. The normalized spacial score (nSPS) is 17.5. The summed E-state index contributed by atoms with van der Waals surface area (Å²) < 4.78 is 0. The number of piperazine rings is 1. The number of oxime groups is 1. The van der Waals surface area contributed by atoms with Gasteiger partial charge in [0.25, 0.3) is 5.91 Å². The van der Waals surface area contributed by atoms with Crippen LogP contribution in [0.25, 0.3) is 0 Å². The van der Waals surface area contributed by atoms with Gasteiger partial charge < -0.3 is 15.8 Å². The molecule has 20 heavy (non-hydrogen) atoms. The van der Waals surface area contributed by atoms with E-state index in [0.29, 0.717) is 19.6 Å².